The highest BCUT2D eigenvalue weighted by Gasteiger charge is 2.05. The predicted octanol–water partition coefficient (Wildman–Crippen LogP) is 2.22. The van der Waals surface area contributed by atoms with Crippen LogP contribution < -0.4 is 5.43 Å². The summed E-state index contributed by atoms with van der Waals surface area (Å²) in [4.78, 5) is 13.7. The zero-order chi connectivity index (χ0) is 14.4. The van der Waals surface area contributed by atoms with Gasteiger partial charge in [-0.3, -0.25) is 9.69 Å². The van der Waals surface area contributed by atoms with Gasteiger partial charge in [-0.2, -0.15) is 5.10 Å². The zero-order valence-corrected chi connectivity index (χ0v) is 11.8. The van der Waals surface area contributed by atoms with E-state index in [9.17, 15) is 4.79 Å². The maximum absolute atomic E-state index is 11.6. The molecule has 0 fully saturated rings. The Morgan fingerprint density at radius 1 is 1.35 bits per heavy atom. The van der Waals surface area contributed by atoms with E-state index in [0.29, 0.717) is 12.3 Å². The molecule has 5 heteroatoms. The first kappa shape index (κ1) is 14.3. The van der Waals surface area contributed by atoms with Gasteiger partial charge in [0.05, 0.1) is 12.8 Å². The second-order valence-corrected chi connectivity index (χ2v) is 4.44. The van der Waals surface area contributed by atoms with Crippen molar-refractivity contribution < 1.29 is 9.21 Å². The Morgan fingerprint density at radius 2 is 2.10 bits per heavy atom. The zero-order valence-electron chi connectivity index (χ0n) is 11.8. The van der Waals surface area contributed by atoms with E-state index in [4.69, 9.17) is 4.42 Å². The summed E-state index contributed by atoms with van der Waals surface area (Å²) >= 11 is 0. The van der Waals surface area contributed by atoms with Gasteiger partial charge in [0.25, 0.3) is 5.91 Å². The van der Waals surface area contributed by atoms with Gasteiger partial charge in [0, 0.05) is 5.39 Å². The second-order valence-electron chi connectivity index (χ2n) is 4.44. The van der Waals surface area contributed by atoms with Crippen molar-refractivity contribution in [3.05, 3.63) is 36.1 Å². The number of hydrogen-bond acceptors (Lipinski definition) is 4. The molecule has 1 aromatic carbocycles. The molecule has 0 bridgehead atoms. The number of hydrazone groups is 1. The van der Waals surface area contributed by atoms with Crippen LogP contribution in [0.15, 0.2) is 39.9 Å². The van der Waals surface area contributed by atoms with E-state index in [1.807, 2.05) is 49.1 Å². The van der Waals surface area contributed by atoms with Gasteiger partial charge in [-0.1, -0.05) is 32.0 Å². The maximum atomic E-state index is 11.6. The lowest BCUT2D eigenvalue weighted by atomic mass is 10.2. The fourth-order valence-corrected chi connectivity index (χ4v) is 1.92. The first-order valence-corrected chi connectivity index (χ1v) is 6.75. The Bertz CT molecular complexity index is 567. The molecule has 0 saturated carbocycles. The van der Waals surface area contributed by atoms with Crippen LogP contribution in [0.4, 0.5) is 0 Å². The summed E-state index contributed by atoms with van der Waals surface area (Å²) in [5, 5.41) is 4.93. The Balaban J connectivity index is 1.91. The number of nitrogens with zero attached hydrogens (tertiary/aromatic N) is 2. The smallest absolute Gasteiger partial charge is 0.254 e. The average molecular weight is 273 g/mol. The number of amides is 1. The van der Waals surface area contributed by atoms with E-state index >= 15 is 0 Å². The van der Waals surface area contributed by atoms with Crippen molar-refractivity contribution >= 4 is 23.1 Å². The normalized spacial score (nSPS) is 11.6. The quantitative estimate of drug-likeness (QED) is 0.648. The summed E-state index contributed by atoms with van der Waals surface area (Å²) < 4.78 is 5.56. The molecular formula is C15H19N3O2. The van der Waals surface area contributed by atoms with E-state index in [-0.39, 0.29) is 5.91 Å². The lowest BCUT2D eigenvalue weighted by Crippen LogP contribution is -2.35. The number of rotatable bonds is 6. The molecule has 2 rings (SSSR count). The monoisotopic (exact) mass is 273 g/mol. The topological polar surface area (TPSA) is 57.8 Å². The van der Waals surface area contributed by atoms with Crippen molar-refractivity contribution in [3.8, 4) is 0 Å². The molecular weight excluding hydrogens is 254 g/mol. The summed E-state index contributed by atoms with van der Waals surface area (Å²) in [6.07, 6.45) is 1.51. The molecule has 2 aromatic rings. The molecule has 5 nitrogen and oxygen atoms in total. The highest BCUT2D eigenvalue weighted by Crippen LogP contribution is 2.17. The Labute approximate surface area is 118 Å². The number of nitrogens with one attached hydrogen (secondary N) is 1. The number of carbonyl (C=O) groups excluding carboxylic acids is 1. The van der Waals surface area contributed by atoms with E-state index in [1.165, 1.54) is 6.21 Å². The van der Waals surface area contributed by atoms with Gasteiger partial charge in [0.15, 0.2) is 0 Å². The summed E-state index contributed by atoms with van der Waals surface area (Å²) in [7, 11) is 0. The van der Waals surface area contributed by atoms with E-state index in [0.717, 1.165) is 24.1 Å². The molecule has 0 spiro atoms. The number of fused-ring (bicyclic) bond motifs is 1. The van der Waals surface area contributed by atoms with Crippen LogP contribution in [0.5, 0.6) is 0 Å². The molecule has 0 aliphatic rings. The number of hydrogen-bond donors (Lipinski definition) is 1. The van der Waals surface area contributed by atoms with Gasteiger partial charge in [0.1, 0.15) is 11.3 Å². The maximum Gasteiger partial charge on any atom is 0.254 e. The standard InChI is InChI=1S/C15H19N3O2/c1-3-18(4-2)11-15(19)17-16-10-13-9-12-7-5-6-8-14(12)20-13/h5-10H,3-4,11H2,1-2H3,(H,17,19)/b16-10+. The Morgan fingerprint density at radius 3 is 2.80 bits per heavy atom. The summed E-state index contributed by atoms with van der Waals surface area (Å²) in [5.74, 6) is 0.496. The van der Waals surface area contributed by atoms with Crippen molar-refractivity contribution in [2.45, 2.75) is 13.8 Å². The van der Waals surface area contributed by atoms with Crippen molar-refractivity contribution in [3.63, 3.8) is 0 Å². The fourth-order valence-electron chi connectivity index (χ4n) is 1.92. The van der Waals surface area contributed by atoms with Gasteiger partial charge < -0.3 is 4.42 Å². The molecule has 106 valence electrons. The predicted molar refractivity (Wildman–Crippen MR) is 79.7 cm³/mol. The van der Waals surface area contributed by atoms with Gasteiger partial charge in [-0.15, -0.1) is 0 Å². The summed E-state index contributed by atoms with van der Waals surface area (Å²) in [5.41, 5.74) is 3.31. The summed E-state index contributed by atoms with van der Waals surface area (Å²) in [6.45, 7) is 6.09. The molecule has 0 aliphatic heterocycles. The molecule has 0 saturated heterocycles. The van der Waals surface area contributed by atoms with Crippen LogP contribution >= 0.6 is 0 Å². The largest absolute Gasteiger partial charge is 0.455 e. The van der Waals surface area contributed by atoms with Crippen molar-refractivity contribution in [2.75, 3.05) is 19.6 Å². The van der Waals surface area contributed by atoms with Crippen LogP contribution in [-0.2, 0) is 4.79 Å². The van der Waals surface area contributed by atoms with Crippen LogP contribution in [0.25, 0.3) is 11.0 Å². The van der Waals surface area contributed by atoms with Gasteiger partial charge in [0.2, 0.25) is 0 Å². The number of para-hydroxylation sites is 1. The van der Waals surface area contributed by atoms with Crippen molar-refractivity contribution in [1.29, 1.82) is 0 Å². The van der Waals surface area contributed by atoms with E-state index in [1.54, 1.807) is 0 Å². The van der Waals surface area contributed by atoms with Crippen LogP contribution in [0.3, 0.4) is 0 Å². The lowest BCUT2D eigenvalue weighted by Gasteiger charge is -2.15. The first-order chi connectivity index (χ1) is 9.72. The Hall–Kier alpha value is -2.14. The number of carbonyl (C=O) groups is 1. The number of likely N-dealkylation sites (N-methyl/N-ethyl adjacent to an activating group) is 1. The molecule has 0 atom stereocenters. The van der Waals surface area contributed by atoms with Gasteiger partial charge in [-0.25, -0.2) is 5.43 Å². The third-order valence-electron chi connectivity index (χ3n) is 3.09. The van der Waals surface area contributed by atoms with Crippen molar-refractivity contribution in [2.24, 2.45) is 5.10 Å². The highest BCUT2D eigenvalue weighted by atomic mass is 16.3. The van der Waals surface area contributed by atoms with Crippen LogP contribution in [0.2, 0.25) is 0 Å². The third-order valence-corrected chi connectivity index (χ3v) is 3.09. The molecule has 0 radical (unpaired) electrons. The van der Waals surface area contributed by atoms with E-state index < -0.39 is 0 Å². The van der Waals surface area contributed by atoms with Crippen LogP contribution in [0.1, 0.15) is 19.6 Å². The SMILES string of the molecule is CCN(CC)CC(=O)N/N=C/c1cc2ccccc2o1. The summed E-state index contributed by atoms with van der Waals surface area (Å²) in [6, 6.07) is 9.61. The molecule has 1 heterocycles. The lowest BCUT2D eigenvalue weighted by molar-refractivity contribution is -0.122. The van der Waals surface area contributed by atoms with Crippen LogP contribution in [-0.4, -0.2) is 36.7 Å². The third kappa shape index (κ3) is 3.68. The minimum atomic E-state index is -0.124. The second kappa shape index (κ2) is 6.86. The van der Waals surface area contributed by atoms with Crippen molar-refractivity contribution in [1.82, 2.24) is 10.3 Å². The highest BCUT2D eigenvalue weighted by molar-refractivity contribution is 5.87. The molecule has 20 heavy (non-hydrogen) atoms. The molecule has 1 amide bonds. The number of furan rings is 1. The number of benzene rings is 1. The Kier molecular flexibility index (Phi) is 4.90. The molecule has 0 aliphatic carbocycles. The average Bonchev–Trinajstić information content (AvgIpc) is 2.87. The molecule has 1 N–H and O–H groups in total. The molecule has 0 unspecified atom stereocenters. The molecule has 1 aromatic heterocycles. The van der Waals surface area contributed by atoms with Gasteiger partial charge in [-0.05, 0) is 25.2 Å². The van der Waals surface area contributed by atoms with Gasteiger partial charge >= 0.3 is 0 Å². The first-order valence-electron chi connectivity index (χ1n) is 6.75. The van der Waals surface area contributed by atoms with Crippen LogP contribution in [0, 0.1) is 0 Å². The fraction of sp³-hybridized carbons (Fsp3) is 0.333. The minimum Gasteiger partial charge on any atom is -0.455 e. The van der Waals surface area contributed by atoms with E-state index in [2.05, 4.69) is 10.5 Å². The minimum absolute atomic E-state index is 0.124.